The van der Waals surface area contributed by atoms with Gasteiger partial charge in [0.15, 0.2) is 0 Å². The number of unbranched alkanes of at least 4 members (excludes halogenated alkanes) is 6. The lowest BCUT2D eigenvalue weighted by Gasteiger charge is -2.01. The fourth-order valence-electron chi connectivity index (χ4n) is 2.43. The van der Waals surface area contributed by atoms with Crippen molar-refractivity contribution in [1.82, 2.24) is 0 Å². The zero-order valence-electron chi connectivity index (χ0n) is 12.9. The topological polar surface area (TPSA) is 50.4 Å². The van der Waals surface area contributed by atoms with Crippen LogP contribution in [0.3, 0.4) is 0 Å². The average Bonchev–Trinajstić information content (AvgIpc) is 2.76. The third kappa shape index (κ3) is 6.78. The fourth-order valence-corrected chi connectivity index (χ4v) is 2.43. The Hall–Kier alpha value is -1.25. The van der Waals surface area contributed by atoms with Crippen LogP contribution in [0.4, 0.5) is 0 Å². The smallest absolute Gasteiger partial charge is 0.303 e. The van der Waals surface area contributed by atoms with Crippen LogP contribution in [0.2, 0.25) is 0 Å². The van der Waals surface area contributed by atoms with Crippen molar-refractivity contribution in [3.8, 4) is 0 Å². The molecule has 3 nitrogen and oxygen atoms in total. The van der Waals surface area contributed by atoms with Gasteiger partial charge in [0.05, 0.1) is 6.42 Å². The maximum atomic E-state index is 10.5. The van der Waals surface area contributed by atoms with Gasteiger partial charge in [-0.1, -0.05) is 45.4 Å². The van der Waals surface area contributed by atoms with Gasteiger partial charge in [-0.25, -0.2) is 0 Å². The molecule has 1 heterocycles. The minimum Gasteiger partial charge on any atom is -0.481 e. The number of carboxylic acids is 1. The standard InChI is InChI=1S/C17H28O3/c1-3-4-5-6-7-8-9-10-16-14(2)13-15(20-16)11-12-17(18)19/h13H,3-12H2,1-2H3,(H,18,19). The van der Waals surface area contributed by atoms with Crippen LogP contribution in [-0.4, -0.2) is 11.1 Å². The summed E-state index contributed by atoms with van der Waals surface area (Å²) in [7, 11) is 0. The van der Waals surface area contributed by atoms with E-state index in [1.807, 2.05) is 13.0 Å². The first-order valence-corrected chi connectivity index (χ1v) is 7.93. The van der Waals surface area contributed by atoms with Crippen molar-refractivity contribution in [3.63, 3.8) is 0 Å². The Morgan fingerprint density at radius 3 is 2.40 bits per heavy atom. The maximum absolute atomic E-state index is 10.5. The molecule has 20 heavy (non-hydrogen) atoms. The molecule has 0 bridgehead atoms. The molecule has 0 atom stereocenters. The first-order valence-electron chi connectivity index (χ1n) is 7.93. The van der Waals surface area contributed by atoms with Crippen LogP contribution < -0.4 is 0 Å². The van der Waals surface area contributed by atoms with E-state index in [1.165, 1.54) is 44.9 Å². The molecule has 0 saturated heterocycles. The van der Waals surface area contributed by atoms with Gasteiger partial charge in [0, 0.05) is 12.8 Å². The van der Waals surface area contributed by atoms with Gasteiger partial charge in [0.1, 0.15) is 11.5 Å². The molecule has 0 fully saturated rings. The molecule has 0 aromatic carbocycles. The molecule has 0 unspecified atom stereocenters. The molecule has 1 rings (SSSR count). The van der Waals surface area contributed by atoms with E-state index in [9.17, 15) is 4.79 Å². The van der Waals surface area contributed by atoms with E-state index in [4.69, 9.17) is 9.52 Å². The predicted octanol–water partition coefficient (Wildman–Crippen LogP) is 4.90. The molecule has 0 spiro atoms. The maximum Gasteiger partial charge on any atom is 0.303 e. The molecule has 0 aliphatic heterocycles. The van der Waals surface area contributed by atoms with Crippen molar-refractivity contribution in [2.24, 2.45) is 0 Å². The van der Waals surface area contributed by atoms with E-state index in [0.29, 0.717) is 6.42 Å². The molecule has 1 aromatic rings. The highest BCUT2D eigenvalue weighted by molar-refractivity contribution is 5.66. The number of rotatable bonds is 11. The number of carboxylic acid groups (broad SMARTS) is 1. The predicted molar refractivity (Wildman–Crippen MR) is 81.1 cm³/mol. The van der Waals surface area contributed by atoms with Crippen molar-refractivity contribution in [3.05, 3.63) is 23.2 Å². The molecule has 0 amide bonds. The summed E-state index contributed by atoms with van der Waals surface area (Å²) in [6.45, 7) is 4.28. The molecule has 114 valence electrons. The van der Waals surface area contributed by atoms with E-state index in [2.05, 4.69) is 6.92 Å². The lowest BCUT2D eigenvalue weighted by molar-refractivity contribution is -0.137. The SMILES string of the molecule is CCCCCCCCCc1oc(CCC(=O)O)cc1C. The van der Waals surface area contributed by atoms with Crippen LogP contribution in [-0.2, 0) is 17.6 Å². The summed E-state index contributed by atoms with van der Waals surface area (Å²) in [5, 5.41) is 8.67. The highest BCUT2D eigenvalue weighted by Crippen LogP contribution is 2.19. The molecule has 0 saturated carbocycles. The Morgan fingerprint density at radius 1 is 1.10 bits per heavy atom. The van der Waals surface area contributed by atoms with Crippen molar-refractivity contribution in [2.75, 3.05) is 0 Å². The third-order valence-corrected chi connectivity index (χ3v) is 3.66. The lowest BCUT2D eigenvalue weighted by atomic mass is 10.1. The van der Waals surface area contributed by atoms with E-state index >= 15 is 0 Å². The van der Waals surface area contributed by atoms with Gasteiger partial charge < -0.3 is 9.52 Å². The third-order valence-electron chi connectivity index (χ3n) is 3.66. The van der Waals surface area contributed by atoms with Crippen LogP contribution in [0.1, 0.15) is 75.4 Å². The Kier molecular flexibility index (Phi) is 8.08. The van der Waals surface area contributed by atoms with E-state index in [0.717, 1.165) is 23.5 Å². The molecule has 3 heteroatoms. The molecular formula is C17H28O3. The highest BCUT2D eigenvalue weighted by Gasteiger charge is 2.08. The zero-order valence-corrected chi connectivity index (χ0v) is 12.9. The molecule has 0 aliphatic carbocycles. The minimum absolute atomic E-state index is 0.143. The first kappa shape index (κ1) is 16.8. The van der Waals surface area contributed by atoms with Crippen molar-refractivity contribution < 1.29 is 14.3 Å². The van der Waals surface area contributed by atoms with Gasteiger partial charge in [0.25, 0.3) is 0 Å². The van der Waals surface area contributed by atoms with E-state index in [-0.39, 0.29) is 6.42 Å². The quantitative estimate of drug-likeness (QED) is 0.587. The van der Waals surface area contributed by atoms with E-state index in [1.54, 1.807) is 0 Å². The van der Waals surface area contributed by atoms with Gasteiger partial charge in [-0.3, -0.25) is 4.79 Å². The number of carbonyl (C=O) groups is 1. The summed E-state index contributed by atoms with van der Waals surface area (Å²) in [5.41, 5.74) is 1.16. The second-order valence-corrected chi connectivity index (χ2v) is 5.58. The molecule has 1 N–H and O–H groups in total. The second kappa shape index (κ2) is 9.62. The Bertz CT molecular complexity index is 393. The number of hydrogen-bond donors (Lipinski definition) is 1. The van der Waals surface area contributed by atoms with Crippen molar-refractivity contribution >= 4 is 5.97 Å². The molecule has 0 aliphatic rings. The monoisotopic (exact) mass is 280 g/mol. The van der Waals surface area contributed by atoms with Crippen LogP contribution in [0.15, 0.2) is 10.5 Å². The zero-order chi connectivity index (χ0) is 14.8. The van der Waals surface area contributed by atoms with Crippen molar-refractivity contribution in [2.45, 2.75) is 78.1 Å². The number of furan rings is 1. The van der Waals surface area contributed by atoms with Crippen LogP contribution in [0.5, 0.6) is 0 Å². The molecule has 0 radical (unpaired) electrons. The first-order chi connectivity index (χ1) is 9.63. The van der Waals surface area contributed by atoms with Gasteiger partial charge in [0.2, 0.25) is 0 Å². The second-order valence-electron chi connectivity index (χ2n) is 5.58. The minimum atomic E-state index is -0.771. The fraction of sp³-hybridized carbons (Fsp3) is 0.706. The number of hydrogen-bond acceptors (Lipinski definition) is 2. The van der Waals surface area contributed by atoms with Gasteiger partial charge in [-0.2, -0.15) is 0 Å². The van der Waals surface area contributed by atoms with Gasteiger partial charge in [-0.15, -0.1) is 0 Å². The Morgan fingerprint density at radius 2 is 1.75 bits per heavy atom. The Labute approximate surface area is 122 Å². The summed E-state index contributed by atoms with van der Waals surface area (Å²) in [6, 6.07) is 1.99. The van der Waals surface area contributed by atoms with Gasteiger partial charge in [-0.05, 0) is 25.0 Å². The summed E-state index contributed by atoms with van der Waals surface area (Å²) in [6.07, 6.45) is 10.7. The largest absolute Gasteiger partial charge is 0.481 e. The average molecular weight is 280 g/mol. The summed E-state index contributed by atoms with van der Waals surface area (Å²) < 4.78 is 5.75. The van der Waals surface area contributed by atoms with Crippen molar-refractivity contribution in [1.29, 1.82) is 0 Å². The number of aryl methyl sites for hydroxylation is 3. The van der Waals surface area contributed by atoms with Crippen LogP contribution in [0, 0.1) is 6.92 Å². The van der Waals surface area contributed by atoms with Crippen LogP contribution in [0.25, 0.3) is 0 Å². The summed E-state index contributed by atoms with van der Waals surface area (Å²) in [5.74, 6) is 1.08. The lowest BCUT2D eigenvalue weighted by Crippen LogP contribution is -1.96. The van der Waals surface area contributed by atoms with Crippen LogP contribution >= 0.6 is 0 Å². The summed E-state index contributed by atoms with van der Waals surface area (Å²) in [4.78, 5) is 10.5. The Balaban J connectivity index is 2.21. The molecular weight excluding hydrogens is 252 g/mol. The van der Waals surface area contributed by atoms with Gasteiger partial charge >= 0.3 is 5.97 Å². The normalized spacial score (nSPS) is 10.9. The highest BCUT2D eigenvalue weighted by atomic mass is 16.4. The molecule has 1 aromatic heterocycles. The summed E-state index contributed by atoms with van der Waals surface area (Å²) >= 11 is 0. The number of aliphatic carboxylic acids is 1. The van der Waals surface area contributed by atoms with E-state index < -0.39 is 5.97 Å².